The lowest BCUT2D eigenvalue weighted by Crippen LogP contribution is -2.06. The molecule has 9 heteroatoms. The van der Waals surface area contributed by atoms with Gasteiger partial charge in [0.2, 0.25) is 0 Å². The van der Waals surface area contributed by atoms with E-state index in [0.29, 0.717) is 0 Å². The SMILES string of the molecule is CCOC(=O)c1ccc(O)c(O)c1.CCOC(=O)c1ccc(O)c(OC(C)=O)c1. The van der Waals surface area contributed by atoms with Crippen molar-refractivity contribution in [3.63, 3.8) is 0 Å². The molecule has 29 heavy (non-hydrogen) atoms. The Bertz CT molecular complexity index is 874. The monoisotopic (exact) mass is 406 g/mol. The maximum absolute atomic E-state index is 11.3. The van der Waals surface area contributed by atoms with Crippen molar-refractivity contribution in [3.05, 3.63) is 47.5 Å². The lowest BCUT2D eigenvalue weighted by atomic mass is 10.2. The molecular formula is C20H22O9. The molecular weight excluding hydrogens is 384 g/mol. The van der Waals surface area contributed by atoms with Crippen molar-refractivity contribution in [2.75, 3.05) is 13.2 Å². The van der Waals surface area contributed by atoms with E-state index in [1.54, 1.807) is 13.8 Å². The number of esters is 3. The van der Waals surface area contributed by atoms with Gasteiger partial charge in [-0.15, -0.1) is 0 Å². The summed E-state index contributed by atoms with van der Waals surface area (Å²) in [4.78, 5) is 33.2. The number of ether oxygens (including phenoxy) is 3. The molecule has 0 fully saturated rings. The summed E-state index contributed by atoms with van der Waals surface area (Å²) in [6.45, 7) is 5.11. The summed E-state index contributed by atoms with van der Waals surface area (Å²) < 4.78 is 14.2. The summed E-state index contributed by atoms with van der Waals surface area (Å²) in [5.74, 6) is -2.47. The van der Waals surface area contributed by atoms with Gasteiger partial charge in [-0.25, -0.2) is 9.59 Å². The van der Waals surface area contributed by atoms with Crippen LogP contribution in [0.25, 0.3) is 0 Å². The number of hydrogen-bond acceptors (Lipinski definition) is 9. The molecule has 0 saturated heterocycles. The van der Waals surface area contributed by atoms with Gasteiger partial charge in [0.1, 0.15) is 0 Å². The Kier molecular flexibility index (Phi) is 8.97. The molecule has 0 aromatic heterocycles. The van der Waals surface area contributed by atoms with Crippen LogP contribution < -0.4 is 4.74 Å². The Morgan fingerprint density at radius 3 is 1.69 bits per heavy atom. The third-order valence-electron chi connectivity index (χ3n) is 3.21. The van der Waals surface area contributed by atoms with E-state index in [9.17, 15) is 19.5 Å². The van der Waals surface area contributed by atoms with Gasteiger partial charge in [-0.3, -0.25) is 4.79 Å². The third kappa shape index (κ3) is 7.41. The lowest BCUT2D eigenvalue weighted by Gasteiger charge is -2.06. The zero-order chi connectivity index (χ0) is 22.0. The van der Waals surface area contributed by atoms with Crippen LogP contribution in [0.1, 0.15) is 41.5 Å². The summed E-state index contributed by atoms with van der Waals surface area (Å²) in [6, 6.07) is 7.70. The highest BCUT2D eigenvalue weighted by Gasteiger charge is 2.12. The van der Waals surface area contributed by atoms with Crippen LogP contribution >= 0.6 is 0 Å². The Balaban J connectivity index is 0.000000296. The quantitative estimate of drug-likeness (QED) is 0.388. The largest absolute Gasteiger partial charge is 0.504 e. The molecule has 2 aromatic carbocycles. The fourth-order valence-corrected chi connectivity index (χ4v) is 1.96. The second-order valence-electron chi connectivity index (χ2n) is 5.42. The minimum Gasteiger partial charge on any atom is -0.504 e. The Hall–Kier alpha value is -3.75. The van der Waals surface area contributed by atoms with Crippen molar-refractivity contribution in [1.82, 2.24) is 0 Å². The Morgan fingerprint density at radius 1 is 0.759 bits per heavy atom. The van der Waals surface area contributed by atoms with Crippen LogP contribution in [0.2, 0.25) is 0 Å². The van der Waals surface area contributed by atoms with Crippen LogP contribution in [0.4, 0.5) is 0 Å². The van der Waals surface area contributed by atoms with E-state index in [1.165, 1.54) is 37.3 Å². The highest BCUT2D eigenvalue weighted by Crippen LogP contribution is 2.27. The number of aromatic hydroxyl groups is 3. The Labute approximate surface area is 167 Å². The molecule has 9 nitrogen and oxygen atoms in total. The van der Waals surface area contributed by atoms with Gasteiger partial charge in [-0.1, -0.05) is 0 Å². The van der Waals surface area contributed by atoms with E-state index in [1.807, 2.05) is 0 Å². The molecule has 0 heterocycles. The fourth-order valence-electron chi connectivity index (χ4n) is 1.96. The number of rotatable bonds is 5. The van der Waals surface area contributed by atoms with Gasteiger partial charge < -0.3 is 29.5 Å². The molecule has 0 amide bonds. The van der Waals surface area contributed by atoms with Crippen LogP contribution in [-0.2, 0) is 14.3 Å². The fraction of sp³-hybridized carbons (Fsp3) is 0.250. The smallest absolute Gasteiger partial charge is 0.338 e. The molecule has 0 bridgehead atoms. The second-order valence-corrected chi connectivity index (χ2v) is 5.42. The molecule has 0 aliphatic rings. The second kappa shape index (κ2) is 11.2. The summed E-state index contributed by atoms with van der Waals surface area (Å²) in [5.41, 5.74) is 0.438. The molecule has 3 N–H and O–H groups in total. The maximum atomic E-state index is 11.3. The molecule has 0 atom stereocenters. The van der Waals surface area contributed by atoms with Gasteiger partial charge in [0, 0.05) is 6.92 Å². The molecule has 0 saturated carbocycles. The summed E-state index contributed by atoms with van der Waals surface area (Å²) >= 11 is 0. The topological polar surface area (TPSA) is 140 Å². The maximum Gasteiger partial charge on any atom is 0.338 e. The summed E-state index contributed by atoms with van der Waals surface area (Å²) in [6.07, 6.45) is 0. The van der Waals surface area contributed by atoms with Crippen molar-refractivity contribution in [3.8, 4) is 23.0 Å². The minimum atomic E-state index is -0.573. The van der Waals surface area contributed by atoms with Gasteiger partial charge >= 0.3 is 17.9 Å². The molecule has 0 radical (unpaired) electrons. The highest BCUT2D eigenvalue weighted by molar-refractivity contribution is 5.91. The molecule has 0 spiro atoms. The van der Waals surface area contributed by atoms with E-state index in [4.69, 9.17) is 24.4 Å². The first-order chi connectivity index (χ1) is 13.7. The van der Waals surface area contributed by atoms with Crippen molar-refractivity contribution >= 4 is 17.9 Å². The summed E-state index contributed by atoms with van der Waals surface area (Å²) in [5, 5.41) is 27.4. The zero-order valence-corrected chi connectivity index (χ0v) is 16.2. The first-order valence-electron chi connectivity index (χ1n) is 8.57. The number of carbonyl (C=O) groups excluding carboxylic acids is 3. The number of phenolic OH excluding ortho intramolecular Hbond substituents is 3. The van der Waals surface area contributed by atoms with Gasteiger partial charge in [0.25, 0.3) is 0 Å². The molecule has 156 valence electrons. The van der Waals surface area contributed by atoms with E-state index >= 15 is 0 Å². The number of phenols is 3. The van der Waals surface area contributed by atoms with Crippen LogP contribution in [0.3, 0.4) is 0 Å². The van der Waals surface area contributed by atoms with E-state index in [0.717, 1.165) is 6.07 Å². The molecule has 2 aromatic rings. The van der Waals surface area contributed by atoms with Gasteiger partial charge in [0.05, 0.1) is 24.3 Å². The first-order valence-corrected chi connectivity index (χ1v) is 8.57. The third-order valence-corrected chi connectivity index (χ3v) is 3.21. The normalized spacial score (nSPS) is 9.62. The molecule has 0 aliphatic heterocycles. The van der Waals surface area contributed by atoms with Gasteiger partial charge in [0.15, 0.2) is 23.0 Å². The van der Waals surface area contributed by atoms with E-state index in [2.05, 4.69) is 0 Å². The number of hydrogen-bond donors (Lipinski definition) is 3. The minimum absolute atomic E-state index is 0.0574. The van der Waals surface area contributed by atoms with Crippen LogP contribution in [0.15, 0.2) is 36.4 Å². The molecule has 2 rings (SSSR count). The molecule has 0 unspecified atom stereocenters. The van der Waals surface area contributed by atoms with Crippen molar-refractivity contribution in [1.29, 1.82) is 0 Å². The average Bonchev–Trinajstić information content (AvgIpc) is 2.66. The number of benzene rings is 2. The zero-order valence-electron chi connectivity index (χ0n) is 16.2. The Morgan fingerprint density at radius 2 is 1.24 bits per heavy atom. The van der Waals surface area contributed by atoms with Crippen molar-refractivity contribution < 1.29 is 43.9 Å². The predicted octanol–water partition coefficient (Wildman–Crippen LogP) is 2.77. The van der Waals surface area contributed by atoms with E-state index < -0.39 is 17.9 Å². The van der Waals surface area contributed by atoms with E-state index in [-0.39, 0.29) is 47.3 Å². The average molecular weight is 406 g/mol. The predicted molar refractivity (Wildman–Crippen MR) is 101 cm³/mol. The lowest BCUT2D eigenvalue weighted by molar-refractivity contribution is -0.132. The van der Waals surface area contributed by atoms with Gasteiger partial charge in [-0.05, 0) is 50.2 Å². The van der Waals surface area contributed by atoms with Gasteiger partial charge in [-0.2, -0.15) is 0 Å². The van der Waals surface area contributed by atoms with Crippen LogP contribution in [-0.4, -0.2) is 46.4 Å². The summed E-state index contributed by atoms with van der Waals surface area (Å²) in [7, 11) is 0. The van der Waals surface area contributed by atoms with Crippen LogP contribution in [0, 0.1) is 0 Å². The van der Waals surface area contributed by atoms with Crippen molar-refractivity contribution in [2.24, 2.45) is 0 Å². The molecule has 0 aliphatic carbocycles. The van der Waals surface area contributed by atoms with Crippen molar-refractivity contribution in [2.45, 2.75) is 20.8 Å². The van der Waals surface area contributed by atoms with Crippen LogP contribution in [0.5, 0.6) is 23.0 Å². The standard InChI is InChI=1S/C11H12O5.C9H10O4/c1-3-15-11(14)8-4-5-9(13)10(6-8)16-7(2)12;1-2-13-9(12)6-3-4-7(10)8(11)5-6/h4-6,13H,3H2,1-2H3;3-5,10-11H,2H2,1H3. The number of carbonyl (C=O) groups is 3. The highest BCUT2D eigenvalue weighted by atomic mass is 16.5. The first kappa shape index (κ1) is 23.3.